The minimum atomic E-state index is 0.385. The van der Waals surface area contributed by atoms with Gasteiger partial charge in [0.2, 0.25) is 0 Å². The first-order valence-electron chi connectivity index (χ1n) is 6.33. The number of nitrogens with zero attached hydrogens (tertiary/aromatic N) is 4. The smallest absolute Gasteiger partial charge is 0.164 e. The fourth-order valence-electron chi connectivity index (χ4n) is 1.66. The normalized spacial score (nSPS) is 10.9. The summed E-state index contributed by atoms with van der Waals surface area (Å²) in [6.45, 7) is 5.94. The Morgan fingerprint density at radius 2 is 2.16 bits per heavy atom. The lowest BCUT2D eigenvalue weighted by Crippen LogP contribution is -2.12. The molecule has 2 heterocycles. The van der Waals surface area contributed by atoms with Gasteiger partial charge in [-0.05, 0) is 18.1 Å². The summed E-state index contributed by atoms with van der Waals surface area (Å²) >= 11 is 0. The molecule has 0 aliphatic rings. The molecule has 6 nitrogen and oxygen atoms in total. The van der Waals surface area contributed by atoms with Crippen LogP contribution in [0.3, 0.4) is 0 Å². The molecular weight excluding hydrogens is 242 g/mol. The third kappa shape index (κ3) is 3.75. The minimum absolute atomic E-state index is 0.385. The molecule has 6 heteroatoms. The zero-order valence-electron chi connectivity index (χ0n) is 11.3. The van der Waals surface area contributed by atoms with E-state index in [-0.39, 0.29) is 0 Å². The van der Waals surface area contributed by atoms with Crippen molar-refractivity contribution in [2.75, 3.05) is 0 Å². The fraction of sp³-hybridized carbons (Fsp3) is 0.462. The molecule has 0 unspecified atom stereocenters. The SMILES string of the molecule is CC(C)Cn1ncnc1COc1ccc(CN)nc1. The van der Waals surface area contributed by atoms with E-state index in [2.05, 4.69) is 28.9 Å². The molecule has 0 aromatic carbocycles. The summed E-state index contributed by atoms with van der Waals surface area (Å²) in [5, 5.41) is 4.19. The highest BCUT2D eigenvalue weighted by atomic mass is 16.5. The van der Waals surface area contributed by atoms with Crippen LogP contribution in [0.4, 0.5) is 0 Å². The van der Waals surface area contributed by atoms with E-state index in [4.69, 9.17) is 10.5 Å². The maximum Gasteiger partial charge on any atom is 0.164 e. The Hall–Kier alpha value is -1.95. The van der Waals surface area contributed by atoms with Gasteiger partial charge in [-0.15, -0.1) is 0 Å². The van der Waals surface area contributed by atoms with Crippen molar-refractivity contribution in [3.8, 4) is 5.75 Å². The second kappa shape index (κ2) is 6.29. The molecule has 0 spiro atoms. The average molecular weight is 261 g/mol. The first kappa shape index (κ1) is 13.5. The maximum absolute atomic E-state index is 5.65. The third-order valence-corrected chi connectivity index (χ3v) is 2.61. The monoisotopic (exact) mass is 261 g/mol. The maximum atomic E-state index is 5.65. The molecule has 0 aliphatic carbocycles. The third-order valence-electron chi connectivity index (χ3n) is 2.61. The zero-order valence-corrected chi connectivity index (χ0v) is 11.3. The number of nitrogens with two attached hydrogens (primary N) is 1. The molecule has 0 fully saturated rings. The molecule has 2 aromatic rings. The highest BCUT2D eigenvalue weighted by Crippen LogP contribution is 2.11. The first-order valence-corrected chi connectivity index (χ1v) is 6.33. The van der Waals surface area contributed by atoms with E-state index < -0.39 is 0 Å². The summed E-state index contributed by atoms with van der Waals surface area (Å²) in [4.78, 5) is 8.38. The van der Waals surface area contributed by atoms with E-state index in [9.17, 15) is 0 Å². The zero-order chi connectivity index (χ0) is 13.7. The van der Waals surface area contributed by atoms with Gasteiger partial charge in [-0.2, -0.15) is 5.10 Å². The Kier molecular flexibility index (Phi) is 4.46. The number of hydrogen-bond donors (Lipinski definition) is 1. The van der Waals surface area contributed by atoms with Gasteiger partial charge in [0.25, 0.3) is 0 Å². The molecule has 102 valence electrons. The quantitative estimate of drug-likeness (QED) is 0.849. The molecule has 0 radical (unpaired) electrons. The van der Waals surface area contributed by atoms with E-state index in [1.807, 2.05) is 16.8 Å². The predicted octanol–water partition coefficient (Wildman–Crippen LogP) is 1.37. The second-order valence-corrected chi connectivity index (χ2v) is 4.73. The van der Waals surface area contributed by atoms with Crippen LogP contribution in [0, 0.1) is 5.92 Å². The first-order chi connectivity index (χ1) is 9.19. The van der Waals surface area contributed by atoms with E-state index in [0.29, 0.717) is 24.8 Å². The number of pyridine rings is 1. The van der Waals surface area contributed by atoms with Crippen LogP contribution in [0.15, 0.2) is 24.7 Å². The Balaban J connectivity index is 1.96. The molecule has 0 aliphatic heterocycles. The minimum Gasteiger partial charge on any atom is -0.484 e. The van der Waals surface area contributed by atoms with Gasteiger partial charge in [0.15, 0.2) is 5.82 Å². The van der Waals surface area contributed by atoms with Crippen molar-refractivity contribution in [3.05, 3.63) is 36.2 Å². The molecule has 2 rings (SSSR count). The number of ether oxygens (including phenoxy) is 1. The van der Waals surface area contributed by atoms with Crippen LogP contribution in [0.25, 0.3) is 0 Å². The van der Waals surface area contributed by atoms with Gasteiger partial charge < -0.3 is 10.5 Å². The largest absolute Gasteiger partial charge is 0.484 e. The summed E-state index contributed by atoms with van der Waals surface area (Å²) in [6, 6.07) is 3.71. The van der Waals surface area contributed by atoms with Crippen molar-refractivity contribution in [1.29, 1.82) is 0 Å². The summed E-state index contributed by atoms with van der Waals surface area (Å²) in [7, 11) is 0. The lowest BCUT2D eigenvalue weighted by Gasteiger charge is -2.09. The number of rotatable bonds is 6. The van der Waals surface area contributed by atoms with Gasteiger partial charge in [-0.1, -0.05) is 13.8 Å². The number of aromatic nitrogens is 4. The van der Waals surface area contributed by atoms with Gasteiger partial charge in [0.1, 0.15) is 18.7 Å². The van der Waals surface area contributed by atoms with Crippen molar-refractivity contribution in [1.82, 2.24) is 19.7 Å². The standard InChI is InChI=1S/C13H19N5O/c1-10(2)7-18-13(16-9-17-18)8-19-12-4-3-11(5-14)15-6-12/h3-4,6,9-10H,5,7-8,14H2,1-2H3. The molecule has 0 amide bonds. The number of hydrogen-bond acceptors (Lipinski definition) is 5. The molecule has 19 heavy (non-hydrogen) atoms. The Morgan fingerprint density at radius 1 is 1.32 bits per heavy atom. The summed E-state index contributed by atoms with van der Waals surface area (Å²) in [6.07, 6.45) is 3.22. The fourth-order valence-corrected chi connectivity index (χ4v) is 1.66. The van der Waals surface area contributed by atoms with Gasteiger partial charge in [0.05, 0.1) is 11.9 Å². The van der Waals surface area contributed by atoms with Gasteiger partial charge >= 0.3 is 0 Å². The van der Waals surface area contributed by atoms with Crippen molar-refractivity contribution in [2.24, 2.45) is 11.7 Å². The molecule has 2 aromatic heterocycles. The van der Waals surface area contributed by atoms with Crippen LogP contribution < -0.4 is 10.5 Å². The molecule has 0 atom stereocenters. The molecule has 0 saturated heterocycles. The highest BCUT2D eigenvalue weighted by Gasteiger charge is 2.07. The second-order valence-electron chi connectivity index (χ2n) is 4.73. The summed E-state index contributed by atoms with van der Waals surface area (Å²) in [5.41, 5.74) is 6.34. The molecule has 0 bridgehead atoms. The van der Waals surface area contributed by atoms with Crippen molar-refractivity contribution in [3.63, 3.8) is 0 Å². The van der Waals surface area contributed by atoms with Crippen LogP contribution in [0.5, 0.6) is 5.75 Å². The van der Waals surface area contributed by atoms with Gasteiger partial charge in [-0.3, -0.25) is 4.98 Å². The van der Waals surface area contributed by atoms with Crippen molar-refractivity contribution in [2.45, 2.75) is 33.5 Å². The summed E-state index contributed by atoms with van der Waals surface area (Å²) in [5.74, 6) is 2.04. The van der Waals surface area contributed by atoms with E-state index in [1.165, 1.54) is 0 Å². The van der Waals surface area contributed by atoms with E-state index >= 15 is 0 Å². The van der Waals surface area contributed by atoms with Crippen LogP contribution in [0.2, 0.25) is 0 Å². The van der Waals surface area contributed by atoms with E-state index in [1.54, 1.807) is 12.5 Å². The van der Waals surface area contributed by atoms with Crippen LogP contribution >= 0.6 is 0 Å². The average Bonchev–Trinajstić information content (AvgIpc) is 2.83. The van der Waals surface area contributed by atoms with Crippen LogP contribution in [-0.4, -0.2) is 19.7 Å². The van der Waals surface area contributed by atoms with Crippen LogP contribution in [-0.2, 0) is 19.7 Å². The molecular formula is C13H19N5O. The van der Waals surface area contributed by atoms with Gasteiger partial charge in [-0.25, -0.2) is 9.67 Å². The van der Waals surface area contributed by atoms with Crippen molar-refractivity contribution >= 4 is 0 Å². The van der Waals surface area contributed by atoms with Crippen LogP contribution in [0.1, 0.15) is 25.4 Å². The summed E-state index contributed by atoms with van der Waals surface area (Å²) < 4.78 is 7.51. The van der Waals surface area contributed by atoms with Gasteiger partial charge in [0, 0.05) is 13.1 Å². The van der Waals surface area contributed by atoms with E-state index in [0.717, 1.165) is 18.1 Å². The highest BCUT2D eigenvalue weighted by molar-refractivity contribution is 5.19. The topological polar surface area (TPSA) is 78.8 Å². The van der Waals surface area contributed by atoms with Crippen molar-refractivity contribution < 1.29 is 4.74 Å². The predicted molar refractivity (Wildman–Crippen MR) is 71.3 cm³/mol. The Bertz CT molecular complexity index is 506. The molecule has 2 N–H and O–H groups in total. The Morgan fingerprint density at radius 3 is 2.79 bits per heavy atom. The lowest BCUT2D eigenvalue weighted by atomic mass is 10.2. The lowest BCUT2D eigenvalue weighted by molar-refractivity contribution is 0.281. The molecule has 0 saturated carbocycles. The Labute approximate surface area is 112 Å².